The smallest absolute Gasteiger partial charge is 0.208 e. The van der Waals surface area contributed by atoms with Crippen LogP contribution in [0.5, 0.6) is 0 Å². The fourth-order valence-electron chi connectivity index (χ4n) is 1.20. The molecular formula is C7H10BrN3S. The minimum absolute atomic E-state index is 0.732. The van der Waals surface area contributed by atoms with Crippen molar-refractivity contribution in [3.8, 4) is 0 Å². The summed E-state index contributed by atoms with van der Waals surface area (Å²) >= 11 is 5.07. The lowest BCUT2D eigenvalue weighted by Gasteiger charge is -2.18. The van der Waals surface area contributed by atoms with Gasteiger partial charge in [0.1, 0.15) is 5.51 Å². The Bertz CT molecular complexity index is 235. The van der Waals surface area contributed by atoms with Crippen LogP contribution in [0.15, 0.2) is 5.51 Å². The van der Waals surface area contributed by atoms with Crippen LogP contribution in [0.3, 0.4) is 0 Å². The van der Waals surface area contributed by atoms with Crippen molar-refractivity contribution in [2.75, 3.05) is 16.8 Å². The molecule has 0 aromatic carbocycles. The van der Waals surface area contributed by atoms with Crippen molar-refractivity contribution in [3.05, 3.63) is 5.51 Å². The Kier molecular flexibility index (Phi) is 2.60. The van der Waals surface area contributed by atoms with E-state index in [1.54, 1.807) is 16.8 Å². The van der Waals surface area contributed by atoms with Crippen LogP contribution in [-0.4, -0.2) is 28.1 Å². The molecule has 0 atom stereocenters. The van der Waals surface area contributed by atoms with Gasteiger partial charge in [-0.05, 0) is 12.8 Å². The van der Waals surface area contributed by atoms with E-state index in [1.807, 2.05) is 0 Å². The lowest BCUT2D eigenvalue weighted by molar-refractivity contribution is 0.817. The van der Waals surface area contributed by atoms with Crippen LogP contribution in [0.1, 0.15) is 12.8 Å². The Morgan fingerprint density at radius 3 is 3.00 bits per heavy atom. The van der Waals surface area contributed by atoms with E-state index in [0.717, 1.165) is 23.0 Å². The van der Waals surface area contributed by atoms with Crippen molar-refractivity contribution in [1.29, 1.82) is 0 Å². The molecule has 0 N–H and O–H groups in total. The molecule has 1 fully saturated rings. The molecule has 3 nitrogen and oxygen atoms in total. The summed E-state index contributed by atoms with van der Waals surface area (Å²) in [4.78, 5) is 2.34. The molecule has 1 heterocycles. The number of alkyl halides is 1. The number of aromatic nitrogens is 2. The average molecular weight is 248 g/mol. The van der Waals surface area contributed by atoms with Crippen LogP contribution < -0.4 is 4.90 Å². The molecule has 0 saturated heterocycles. The molecule has 1 saturated carbocycles. The first kappa shape index (κ1) is 8.44. The van der Waals surface area contributed by atoms with E-state index in [4.69, 9.17) is 0 Å². The monoisotopic (exact) mass is 247 g/mol. The van der Waals surface area contributed by atoms with Gasteiger partial charge in [0.2, 0.25) is 5.13 Å². The van der Waals surface area contributed by atoms with Gasteiger partial charge in [-0.1, -0.05) is 27.3 Å². The van der Waals surface area contributed by atoms with Crippen LogP contribution in [-0.2, 0) is 0 Å². The number of hydrogen-bond acceptors (Lipinski definition) is 4. The normalized spacial score (nSPS) is 16.4. The molecule has 12 heavy (non-hydrogen) atoms. The molecule has 1 aromatic rings. The second kappa shape index (κ2) is 3.70. The summed E-state index contributed by atoms with van der Waals surface area (Å²) in [6.45, 7) is 1.04. The number of nitrogens with zero attached hydrogens (tertiary/aromatic N) is 3. The third-order valence-corrected chi connectivity index (χ3v) is 2.99. The van der Waals surface area contributed by atoms with Crippen LogP contribution in [0.2, 0.25) is 0 Å². The van der Waals surface area contributed by atoms with Gasteiger partial charge >= 0.3 is 0 Å². The Morgan fingerprint density at radius 1 is 1.67 bits per heavy atom. The van der Waals surface area contributed by atoms with Crippen LogP contribution in [0.4, 0.5) is 5.13 Å². The number of halogens is 1. The van der Waals surface area contributed by atoms with Crippen LogP contribution in [0, 0.1) is 0 Å². The van der Waals surface area contributed by atoms with Crippen molar-refractivity contribution >= 4 is 32.4 Å². The second-order valence-electron chi connectivity index (χ2n) is 2.83. The van der Waals surface area contributed by atoms with E-state index in [9.17, 15) is 0 Å². The first-order valence-electron chi connectivity index (χ1n) is 4.00. The third kappa shape index (κ3) is 1.77. The van der Waals surface area contributed by atoms with Gasteiger partial charge in [0.15, 0.2) is 0 Å². The molecule has 0 unspecified atom stereocenters. The summed E-state index contributed by atoms with van der Waals surface area (Å²) in [6, 6.07) is 0.732. The first-order valence-corrected chi connectivity index (χ1v) is 6.00. The lowest BCUT2D eigenvalue weighted by Crippen LogP contribution is -2.27. The van der Waals surface area contributed by atoms with Gasteiger partial charge in [-0.3, -0.25) is 0 Å². The predicted molar refractivity (Wildman–Crippen MR) is 54.1 cm³/mol. The van der Waals surface area contributed by atoms with E-state index in [-0.39, 0.29) is 0 Å². The minimum Gasteiger partial charge on any atom is -0.343 e. The minimum atomic E-state index is 0.732. The third-order valence-electron chi connectivity index (χ3n) is 1.91. The van der Waals surface area contributed by atoms with Crippen LogP contribution in [0.25, 0.3) is 0 Å². The standard InChI is InChI=1S/C7H10BrN3S/c8-3-4-11(6-1-2-6)7-10-9-5-12-7/h5-6H,1-4H2. The Labute approximate surface area is 83.9 Å². The number of hydrogen-bond donors (Lipinski definition) is 0. The van der Waals surface area contributed by atoms with Gasteiger partial charge in [0, 0.05) is 17.9 Å². The Morgan fingerprint density at radius 2 is 2.50 bits per heavy atom. The highest BCUT2D eigenvalue weighted by atomic mass is 79.9. The fraction of sp³-hybridized carbons (Fsp3) is 0.714. The Balaban J connectivity index is 2.05. The van der Waals surface area contributed by atoms with E-state index in [0.29, 0.717) is 0 Å². The van der Waals surface area contributed by atoms with Crippen molar-refractivity contribution in [1.82, 2.24) is 10.2 Å². The maximum absolute atomic E-state index is 4.07. The summed E-state index contributed by atoms with van der Waals surface area (Å²) in [5.41, 5.74) is 1.79. The fourth-order valence-corrected chi connectivity index (χ4v) is 2.24. The molecule has 1 aliphatic carbocycles. The van der Waals surface area contributed by atoms with E-state index in [1.165, 1.54) is 12.8 Å². The summed E-state index contributed by atoms with van der Waals surface area (Å²) in [6.07, 6.45) is 2.62. The predicted octanol–water partition coefficient (Wildman–Crippen LogP) is 1.90. The van der Waals surface area contributed by atoms with E-state index in [2.05, 4.69) is 31.0 Å². The van der Waals surface area contributed by atoms with Gasteiger partial charge in [-0.15, -0.1) is 10.2 Å². The highest BCUT2D eigenvalue weighted by Crippen LogP contribution is 2.31. The summed E-state index contributed by atoms with van der Waals surface area (Å²) < 4.78 is 0. The molecule has 0 amide bonds. The van der Waals surface area contributed by atoms with Crippen molar-refractivity contribution in [3.63, 3.8) is 0 Å². The molecule has 5 heteroatoms. The number of rotatable bonds is 4. The second-order valence-corrected chi connectivity index (χ2v) is 4.44. The van der Waals surface area contributed by atoms with Crippen molar-refractivity contribution in [2.45, 2.75) is 18.9 Å². The maximum atomic E-state index is 4.07. The topological polar surface area (TPSA) is 29.0 Å². The molecule has 1 aromatic heterocycles. The largest absolute Gasteiger partial charge is 0.343 e. The highest BCUT2D eigenvalue weighted by Gasteiger charge is 2.30. The molecule has 66 valence electrons. The molecule has 0 radical (unpaired) electrons. The Hall–Kier alpha value is -0.160. The average Bonchev–Trinajstić information content (AvgIpc) is 2.77. The van der Waals surface area contributed by atoms with E-state index >= 15 is 0 Å². The van der Waals surface area contributed by atoms with Gasteiger partial charge in [-0.2, -0.15) is 0 Å². The molecule has 0 spiro atoms. The van der Waals surface area contributed by atoms with Gasteiger partial charge in [0.25, 0.3) is 0 Å². The zero-order valence-corrected chi connectivity index (χ0v) is 9.01. The zero-order valence-electron chi connectivity index (χ0n) is 6.61. The molecular weight excluding hydrogens is 238 g/mol. The quantitative estimate of drug-likeness (QED) is 0.762. The highest BCUT2D eigenvalue weighted by molar-refractivity contribution is 9.09. The summed E-state index contributed by atoms with van der Waals surface area (Å²) in [5.74, 6) is 0. The SMILES string of the molecule is BrCCN(c1nncs1)C1CC1. The van der Waals surface area contributed by atoms with Gasteiger partial charge in [-0.25, -0.2) is 0 Å². The summed E-state index contributed by atoms with van der Waals surface area (Å²) in [5, 5.41) is 9.99. The molecule has 0 bridgehead atoms. The zero-order chi connectivity index (χ0) is 8.39. The molecule has 2 rings (SSSR count). The van der Waals surface area contributed by atoms with Crippen molar-refractivity contribution in [2.24, 2.45) is 0 Å². The maximum Gasteiger partial charge on any atom is 0.208 e. The molecule has 0 aliphatic heterocycles. The molecule has 1 aliphatic rings. The van der Waals surface area contributed by atoms with Gasteiger partial charge in [0.05, 0.1) is 0 Å². The van der Waals surface area contributed by atoms with Crippen molar-refractivity contribution < 1.29 is 0 Å². The number of anilines is 1. The summed E-state index contributed by atoms with van der Waals surface area (Å²) in [7, 11) is 0. The lowest BCUT2D eigenvalue weighted by atomic mass is 10.5. The van der Waals surface area contributed by atoms with E-state index < -0.39 is 0 Å². The van der Waals surface area contributed by atoms with Crippen LogP contribution >= 0.6 is 27.3 Å². The van der Waals surface area contributed by atoms with Gasteiger partial charge < -0.3 is 4.90 Å². The first-order chi connectivity index (χ1) is 5.92.